The van der Waals surface area contributed by atoms with Gasteiger partial charge in [0.05, 0.1) is 12.1 Å². The van der Waals surface area contributed by atoms with Gasteiger partial charge in [-0.05, 0) is 61.7 Å². The molecular formula is C27H28N4O2. The average molecular weight is 441 g/mol. The Morgan fingerprint density at radius 1 is 0.879 bits per heavy atom. The molecule has 1 aromatic carbocycles. The van der Waals surface area contributed by atoms with Crippen LogP contribution >= 0.6 is 0 Å². The van der Waals surface area contributed by atoms with Gasteiger partial charge in [0.2, 0.25) is 0 Å². The number of benzene rings is 1. The van der Waals surface area contributed by atoms with Gasteiger partial charge in [0.25, 0.3) is 0 Å². The first-order valence-corrected chi connectivity index (χ1v) is 11.7. The van der Waals surface area contributed by atoms with Crippen LogP contribution in [0, 0.1) is 12.8 Å². The van der Waals surface area contributed by atoms with Gasteiger partial charge < -0.3 is 9.47 Å². The van der Waals surface area contributed by atoms with Gasteiger partial charge in [-0.1, -0.05) is 32.1 Å². The summed E-state index contributed by atoms with van der Waals surface area (Å²) in [4.78, 5) is 17.8. The lowest BCUT2D eigenvalue weighted by atomic mass is 9.87. The monoisotopic (exact) mass is 440 g/mol. The second kappa shape index (κ2) is 9.94. The molecule has 0 amide bonds. The summed E-state index contributed by atoms with van der Waals surface area (Å²) in [6.07, 6.45) is 13.0. The number of aryl methyl sites for hydroxylation is 1. The van der Waals surface area contributed by atoms with Crippen LogP contribution in [0.2, 0.25) is 0 Å². The molecule has 0 atom stereocenters. The van der Waals surface area contributed by atoms with Crippen LogP contribution in [-0.4, -0.2) is 26.5 Å². The van der Waals surface area contributed by atoms with E-state index < -0.39 is 0 Å². The minimum atomic E-state index is 0.529. The second-order valence-electron chi connectivity index (χ2n) is 8.60. The molecule has 4 aromatic rings. The van der Waals surface area contributed by atoms with E-state index in [2.05, 4.69) is 19.9 Å². The van der Waals surface area contributed by atoms with Crippen molar-refractivity contribution in [1.29, 1.82) is 0 Å². The second-order valence-corrected chi connectivity index (χ2v) is 8.60. The molecule has 1 aliphatic carbocycles. The lowest BCUT2D eigenvalue weighted by Crippen LogP contribution is -2.10. The van der Waals surface area contributed by atoms with Gasteiger partial charge >= 0.3 is 0 Å². The van der Waals surface area contributed by atoms with E-state index in [-0.39, 0.29) is 0 Å². The zero-order valence-corrected chi connectivity index (χ0v) is 18.9. The van der Waals surface area contributed by atoms with E-state index in [9.17, 15) is 0 Å². The molecule has 5 rings (SSSR count). The molecule has 1 aliphatic rings. The Bertz CT molecular complexity index is 1220. The van der Waals surface area contributed by atoms with Crippen molar-refractivity contribution in [2.24, 2.45) is 5.92 Å². The Morgan fingerprint density at radius 3 is 2.58 bits per heavy atom. The number of nitrogens with zero attached hydrogens (tertiary/aromatic N) is 4. The van der Waals surface area contributed by atoms with Crippen molar-refractivity contribution in [1.82, 2.24) is 19.9 Å². The molecular weight excluding hydrogens is 412 g/mol. The fourth-order valence-corrected chi connectivity index (χ4v) is 4.42. The van der Waals surface area contributed by atoms with E-state index in [0.717, 1.165) is 41.3 Å². The molecule has 6 heteroatoms. The van der Waals surface area contributed by atoms with Crippen LogP contribution in [0.15, 0.2) is 61.1 Å². The van der Waals surface area contributed by atoms with Gasteiger partial charge in [-0.3, -0.25) is 4.98 Å². The zero-order valence-electron chi connectivity index (χ0n) is 18.9. The van der Waals surface area contributed by atoms with Gasteiger partial charge in [0.1, 0.15) is 11.5 Å². The summed E-state index contributed by atoms with van der Waals surface area (Å²) in [5, 5.41) is 0.896. The first-order valence-electron chi connectivity index (χ1n) is 11.7. The zero-order chi connectivity index (χ0) is 22.5. The van der Waals surface area contributed by atoms with E-state index in [0.29, 0.717) is 23.0 Å². The standard InChI is InChI=1S/C27H28N4O2/c1-19-8-11-25(26(31-19)27-29-14-5-15-30-27)33-24-12-16-28-23-10-9-21(18-22(23)24)32-17-13-20-6-3-2-4-7-20/h5,8-12,14-16,18,20H,2-4,6-7,13,17H2,1H3. The maximum Gasteiger partial charge on any atom is 0.181 e. The third-order valence-electron chi connectivity index (χ3n) is 6.19. The van der Waals surface area contributed by atoms with Gasteiger partial charge in [-0.15, -0.1) is 0 Å². The van der Waals surface area contributed by atoms with Crippen LogP contribution < -0.4 is 9.47 Å². The highest BCUT2D eigenvalue weighted by Crippen LogP contribution is 2.35. The van der Waals surface area contributed by atoms with Gasteiger partial charge in [0.15, 0.2) is 17.3 Å². The highest BCUT2D eigenvalue weighted by atomic mass is 16.5. The normalized spacial score (nSPS) is 14.3. The number of hydrogen-bond acceptors (Lipinski definition) is 6. The predicted octanol–water partition coefficient (Wildman–Crippen LogP) is 6.54. The lowest BCUT2D eigenvalue weighted by Gasteiger charge is -2.21. The van der Waals surface area contributed by atoms with Crippen molar-refractivity contribution in [3.63, 3.8) is 0 Å². The van der Waals surface area contributed by atoms with E-state index in [1.54, 1.807) is 24.7 Å². The number of hydrogen-bond donors (Lipinski definition) is 0. The van der Waals surface area contributed by atoms with E-state index in [4.69, 9.17) is 9.47 Å². The van der Waals surface area contributed by atoms with E-state index in [1.807, 2.05) is 43.3 Å². The molecule has 0 saturated heterocycles. The molecule has 168 valence electrons. The molecule has 1 fully saturated rings. The van der Waals surface area contributed by atoms with Gasteiger partial charge in [-0.25, -0.2) is 15.0 Å². The molecule has 0 bridgehead atoms. The van der Waals surface area contributed by atoms with Crippen LogP contribution in [0.25, 0.3) is 22.4 Å². The molecule has 0 N–H and O–H groups in total. The van der Waals surface area contributed by atoms with Crippen molar-refractivity contribution in [2.45, 2.75) is 45.4 Å². The summed E-state index contributed by atoms with van der Waals surface area (Å²) >= 11 is 0. The molecule has 3 heterocycles. The first kappa shape index (κ1) is 21.3. The molecule has 0 unspecified atom stereocenters. The summed E-state index contributed by atoms with van der Waals surface area (Å²) in [5.74, 6) is 3.46. The summed E-state index contributed by atoms with van der Waals surface area (Å²) < 4.78 is 12.5. The number of ether oxygens (including phenoxy) is 2. The topological polar surface area (TPSA) is 70.0 Å². The van der Waals surface area contributed by atoms with Gasteiger partial charge in [0, 0.05) is 29.7 Å². The Labute approximate surface area is 194 Å². The summed E-state index contributed by atoms with van der Waals surface area (Å²) in [6.45, 7) is 2.68. The fourth-order valence-electron chi connectivity index (χ4n) is 4.42. The van der Waals surface area contributed by atoms with Gasteiger partial charge in [-0.2, -0.15) is 0 Å². The highest BCUT2D eigenvalue weighted by molar-refractivity contribution is 5.86. The average Bonchev–Trinajstić information content (AvgIpc) is 2.86. The van der Waals surface area contributed by atoms with E-state index >= 15 is 0 Å². The predicted molar refractivity (Wildman–Crippen MR) is 129 cm³/mol. The SMILES string of the molecule is Cc1ccc(Oc2ccnc3ccc(OCCC4CCCCC4)cc23)c(-c2ncccn2)n1. The molecule has 0 spiro atoms. The number of rotatable bonds is 7. The van der Waals surface area contributed by atoms with Crippen molar-refractivity contribution in [2.75, 3.05) is 6.61 Å². The first-order chi connectivity index (χ1) is 16.3. The Morgan fingerprint density at radius 2 is 1.73 bits per heavy atom. The van der Waals surface area contributed by atoms with Crippen LogP contribution in [0.4, 0.5) is 0 Å². The molecule has 33 heavy (non-hydrogen) atoms. The Hall–Kier alpha value is -3.54. The smallest absolute Gasteiger partial charge is 0.181 e. The fraction of sp³-hybridized carbons (Fsp3) is 0.333. The van der Waals surface area contributed by atoms with Crippen LogP contribution in [0.5, 0.6) is 17.2 Å². The van der Waals surface area contributed by atoms with Crippen molar-refractivity contribution >= 4 is 10.9 Å². The molecule has 1 saturated carbocycles. The molecule has 0 aliphatic heterocycles. The quantitative estimate of drug-likeness (QED) is 0.325. The maximum absolute atomic E-state index is 6.35. The lowest BCUT2D eigenvalue weighted by molar-refractivity contribution is 0.246. The van der Waals surface area contributed by atoms with Crippen LogP contribution in [0.1, 0.15) is 44.2 Å². The highest BCUT2D eigenvalue weighted by Gasteiger charge is 2.15. The van der Waals surface area contributed by atoms with Crippen molar-refractivity contribution in [3.05, 3.63) is 66.7 Å². The third kappa shape index (κ3) is 5.11. The van der Waals surface area contributed by atoms with Crippen molar-refractivity contribution in [3.8, 4) is 28.8 Å². The Kier molecular flexibility index (Phi) is 6.42. The summed E-state index contributed by atoms with van der Waals surface area (Å²) in [7, 11) is 0. The van der Waals surface area contributed by atoms with Crippen molar-refractivity contribution < 1.29 is 9.47 Å². The Balaban J connectivity index is 1.39. The number of fused-ring (bicyclic) bond motifs is 1. The number of pyridine rings is 2. The summed E-state index contributed by atoms with van der Waals surface area (Å²) in [6, 6.07) is 13.5. The van der Waals surface area contributed by atoms with E-state index in [1.165, 1.54) is 32.1 Å². The van der Waals surface area contributed by atoms with Crippen LogP contribution in [-0.2, 0) is 0 Å². The largest absolute Gasteiger partial charge is 0.494 e. The third-order valence-corrected chi connectivity index (χ3v) is 6.19. The minimum Gasteiger partial charge on any atom is -0.494 e. The summed E-state index contributed by atoms with van der Waals surface area (Å²) in [5.41, 5.74) is 2.34. The molecule has 0 radical (unpaired) electrons. The molecule has 3 aromatic heterocycles. The van der Waals surface area contributed by atoms with Crippen LogP contribution in [0.3, 0.4) is 0 Å². The minimum absolute atomic E-state index is 0.529. The maximum atomic E-state index is 6.35. The molecule has 6 nitrogen and oxygen atoms in total. The number of aromatic nitrogens is 4.